The second-order valence-corrected chi connectivity index (χ2v) is 4.42. The van der Waals surface area contributed by atoms with Crippen LogP contribution in [0.2, 0.25) is 0 Å². The van der Waals surface area contributed by atoms with Gasteiger partial charge in [0.15, 0.2) is 23.5 Å². The molecule has 0 fully saturated rings. The zero-order valence-corrected chi connectivity index (χ0v) is 10.3. The Balaban J connectivity index is 2.00. The van der Waals surface area contributed by atoms with Crippen LogP contribution in [-0.2, 0) is 0 Å². The van der Waals surface area contributed by atoms with Crippen LogP contribution in [0.1, 0.15) is 5.89 Å². The van der Waals surface area contributed by atoms with Gasteiger partial charge in [0.25, 0.3) is 0 Å². The average molecular weight is 250 g/mol. The van der Waals surface area contributed by atoms with Gasteiger partial charge < -0.3 is 8.83 Å². The van der Waals surface area contributed by atoms with Crippen molar-refractivity contribution in [3.8, 4) is 11.1 Å². The van der Waals surface area contributed by atoms with Crippen molar-refractivity contribution in [2.24, 2.45) is 0 Å². The van der Waals surface area contributed by atoms with E-state index in [9.17, 15) is 0 Å². The molecule has 92 valence electrons. The van der Waals surface area contributed by atoms with Crippen LogP contribution < -0.4 is 0 Å². The van der Waals surface area contributed by atoms with Gasteiger partial charge in [0.2, 0.25) is 0 Å². The van der Waals surface area contributed by atoms with Crippen molar-refractivity contribution in [2.45, 2.75) is 6.92 Å². The minimum Gasteiger partial charge on any atom is -0.443 e. The Kier molecular flexibility index (Phi) is 2.00. The largest absolute Gasteiger partial charge is 0.443 e. The molecule has 19 heavy (non-hydrogen) atoms. The smallest absolute Gasteiger partial charge is 0.192 e. The third kappa shape index (κ3) is 1.53. The molecule has 0 radical (unpaired) electrons. The van der Waals surface area contributed by atoms with Crippen molar-refractivity contribution in [1.29, 1.82) is 0 Å². The van der Waals surface area contributed by atoms with Gasteiger partial charge in [-0.1, -0.05) is 18.2 Å². The van der Waals surface area contributed by atoms with Gasteiger partial charge in [0, 0.05) is 12.5 Å². The highest BCUT2D eigenvalue weighted by Crippen LogP contribution is 2.29. The molecular formula is C15H10N2O2. The first kappa shape index (κ1) is 10.3. The zero-order valence-electron chi connectivity index (χ0n) is 10.3. The first-order chi connectivity index (χ1) is 9.31. The summed E-state index contributed by atoms with van der Waals surface area (Å²) in [5.41, 5.74) is 5.40. The van der Waals surface area contributed by atoms with E-state index in [1.54, 1.807) is 0 Å². The molecule has 0 spiro atoms. The third-order valence-electron chi connectivity index (χ3n) is 3.17. The Bertz CT molecular complexity index is 889. The molecule has 0 unspecified atom stereocenters. The van der Waals surface area contributed by atoms with Crippen LogP contribution >= 0.6 is 0 Å². The van der Waals surface area contributed by atoms with E-state index in [-0.39, 0.29) is 0 Å². The zero-order chi connectivity index (χ0) is 12.8. The summed E-state index contributed by atoms with van der Waals surface area (Å²) >= 11 is 0. The first-order valence-corrected chi connectivity index (χ1v) is 6.01. The van der Waals surface area contributed by atoms with Crippen LogP contribution in [0.4, 0.5) is 0 Å². The summed E-state index contributed by atoms with van der Waals surface area (Å²) in [5.74, 6) is 0.673. The van der Waals surface area contributed by atoms with Crippen molar-refractivity contribution >= 4 is 22.2 Å². The maximum absolute atomic E-state index is 5.49. The van der Waals surface area contributed by atoms with E-state index in [0.29, 0.717) is 5.89 Å². The van der Waals surface area contributed by atoms with E-state index in [1.807, 2.05) is 43.3 Å². The molecule has 2 aromatic carbocycles. The van der Waals surface area contributed by atoms with Crippen molar-refractivity contribution in [1.82, 2.24) is 9.97 Å². The molecule has 0 N–H and O–H groups in total. The van der Waals surface area contributed by atoms with Crippen molar-refractivity contribution < 1.29 is 8.83 Å². The molecule has 2 heterocycles. The fourth-order valence-corrected chi connectivity index (χ4v) is 2.33. The van der Waals surface area contributed by atoms with Gasteiger partial charge in [-0.3, -0.25) is 0 Å². The normalized spacial score (nSPS) is 11.4. The molecule has 2 aromatic heterocycles. The number of nitrogens with zero attached hydrogens (tertiary/aromatic N) is 2. The molecule has 0 atom stereocenters. The fourth-order valence-electron chi connectivity index (χ4n) is 2.33. The highest BCUT2D eigenvalue weighted by molar-refractivity contribution is 5.93. The second kappa shape index (κ2) is 3.68. The molecule has 0 bridgehead atoms. The van der Waals surface area contributed by atoms with Gasteiger partial charge in [0.1, 0.15) is 11.0 Å². The Morgan fingerprint density at radius 1 is 1.05 bits per heavy atom. The number of fused-ring (bicyclic) bond motifs is 2. The van der Waals surface area contributed by atoms with E-state index in [4.69, 9.17) is 8.83 Å². The topological polar surface area (TPSA) is 52.1 Å². The van der Waals surface area contributed by atoms with Gasteiger partial charge in [0.05, 0.1) is 0 Å². The predicted molar refractivity (Wildman–Crippen MR) is 71.7 cm³/mol. The lowest BCUT2D eigenvalue weighted by Crippen LogP contribution is -1.80. The molecule has 4 nitrogen and oxygen atoms in total. The fraction of sp³-hybridized carbons (Fsp3) is 0.0667. The van der Waals surface area contributed by atoms with Gasteiger partial charge in [-0.15, -0.1) is 0 Å². The van der Waals surface area contributed by atoms with Gasteiger partial charge in [-0.05, 0) is 23.8 Å². The number of para-hydroxylation sites is 1. The van der Waals surface area contributed by atoms with Gasteiger partial charge in [-0.2, -0.15) is 0 Å². The highest BCUT2D eigenvalue weighted by Gasteiger charge is 2.09. The van der Waals surface area contributed by atoms with Crippen molar-refractivity contribution in [3.05, 3.63) is 48.7 Å². The predicted octanol–water partition coefficient (Wildman–Crippen LogP) is 3.94. The van der Waals surface area contributed by atoms with Crippen molar-refractivity contribution in [3.63, 3.8) is 0 Å². The Hall–Kier alpha value is -2.62. The minimum atomic E-state index is 0.673. The summed E-state index contributed by atoms with van der Waals surface area (Å²) in [6.45, 7) is 1.85. The summed E-state index contributed by atoms with van der Waals surface area (Å²) in [7, 11) is 0. The molecule has 0 saturated heterocycles. The monoisotopic (exact) mass is 250 g/mol. The number of benzene rings is 2. The number of aryl methyl sites for hydroxylation is 1. The summed E-state index contributed by atoms with van der Waals surface area (Å²) < 4.78 is 10.8. The Labute approximate surface area is 108 Å². The quantitative estimate of drug-likeness (QED) is 0.513. The molecule has 4 heteroatoms. The number of hydrogen-bond acceptors (Lipinski definition) is 4. The number of hydrogen-bond donors (Lipinski definition) is 0. The summed E-state index contributed by atoms with van der Waals surface area (Å²) in [6.07, 6.45) is 1.47. The highest BCUT2D eigenvalue weighted by atomic mass is 16.3. The minimum absolute atomic E-state index is 0.673. The van der Waals surface area contributed by atoms with E-state index in [0.717, 1.165) is 33.3 Å². The molecular weight excluding hydrogens is 240 g/mol. The van der Waals surface area contributed by atoms with Crippen molar-refractivity contribution in [2.75, 3.05) is 0 Å². The van der Waals surface area contributed by atoms with E-state index in [1.165, 1.54) is 6.39 Å². The summed E-state index contributed by atoms with van der Waals surface area (Å²) in [5, 5.41) is 0. The third-order valence-corrected chi connectivity index (χ3v) is 3.17. The number of rotatable bonds is 1. The SMILES string of the molecule is Cc1nc2cc(-c3cccc4ocnc34)ccc2o1. The van der Waals surface area contributed by atoms with E-state index >= 15 is 0 Å². The summed E-state index contributed by atoms with van der Waals surface area (Å²) in [4.78, 5) is 8.63. The van der Waals surface area contributed by atoms with Crippen LogP contribution in [0.25, 0.3) is 33.3 Å². The first-order valence-electron chi connectivity index (χ1n) is 6.01. The van der Waals surface area contributed by atoms with Crippen LogP contribution in [0.3, 0.4) is 0 Å². The van der Waals surface area contributed by atoms with Crippen LogP contribution in [0.15, 0.2) is 51.6 Å². The van der Waals surface area contributed by atoms with Gasteiger partial charge >= 0.3 is 0 Å². The molecule has 0 aliphatic rings. The van der Waals surface area contributed by atoms with Gasteiger partial charge in [-0.25, -0.2) is 9.97 Å². The van der Waals surface area contributed by atoms with E-state index in [2.05, 4.69) is 9.97 Å². The Morgan fingerprint density at radius 2 is 2.00 bits per heavy atom. The molecule has 4 rings (SSSR count). The number of aromatic nitrogens is 2. The maximum Gasteiger partial charge on any atom is 0.192 e. The molecule has 0 amide bonds. The molecule has 0 aliphatic heterocycles. The Morgan fingerprint density at radius 3 is 2.95 bits per heavy atom. The lowest BCUT2D eigenvalue weighted by molar-refractivity contribution is 0.561. The van der Waals surface area contributed by atoms with Crippen LogP contribution in [0.5, 0.6) is 0 Å². The lowest BCUT2D eigenvalue weighted by Gasteiger charge is -2.01. The lowest BCUT2D eigenvalue weighted by atomic mass is 10.0. The average Bonchev–Trinajstić information content (AvgIpc) is 3.01. The van der Waals surface area contributed by atoms with Crippen LogP contribution in [0, 0.1) is 6.92 Å². The molecule has 0 aliphatic carbocycles. The molecule has 4 aromatic rings. The molecule has 0 saturated carbocycles. The van der Waals surface area contributed by atoms with Crippen LogP contribution in [-0.4, -0.2) is 9.97 Å². The summed E-state index contributed by atoms with van der Waals surface area (Å²) in [6, 6.07) is 11.8. The second-order valence-electron chi connectivity index (χ2n) is 4.42. The standard InChI is InChI=1S/C15H10N2O2/c1-9-17-12-7-10(5-6-13(12)19-9)11-3-2-4-14-15(11)16-8-18-14/h2-8H,1H3. The number of oxazole rings is 2. The van der Waals surface area contributed by atoms with E-state index < -0.39 is 0 Å². The maximum atomic E-state index is 5.49.